The Balaban J connectivity index is 1.60. The van der Waals surface area contributed by atoms with Crippen LogP contribution in [0.25, 0.3) is 11.4 Å². The topological polar surface area (TPSA) is 86.0 Å². The number of alkyl halides is 5. The fraction of sp³-hybridized carbons (Fsp3) is 0.409. The quantitative estimate of drug-likeness (QED) is 0.479. The standard InChI is InChI=1S/C22H20F6N6O2/c1-12-5-21(24,25)11-34(16(12)10-36-17-4-3-13(6-29-17)22(26,27)28)20(35)18-15(9-33(2)32-18)19-30-7-14(23)8-31-19/h3-4,6-9,12,16H,5,10-11H2,1-2H3/t12-,16-/m1/s1. The van der Waals surface area contributed by atoms with E-state index in [1.165, 1.54) is 24.9 Å². The molecule has 36 heavy (non-hydrogen) atoms. The van der Waals surface area contributed by atoms with Crippen LogP contribution in [0.5, 0.6) is 5.88 Å². The van der Waals surface area contributed by atoms with Crippen LogP contribution in [0.4, 0.5) is 26.3 Å². The van der Waals surface area contributed by atoms with Gasteiger partial charge in [-0.2, -0.15) is 18.3 Å². The van der Waals surface area contributed by atoms with Crippen LogP contribution in [0.1, 0.15) is 29.4 Å². The highest BCUT2D eigenvalue weighted by Gasteiger charge is 2.47. The molecule has 0 aromatic carbocycles. The Labute approximate surface area is 200 Å². The minimum Gasteiger partial charge on any atom is -0.475 e. The highest BCUT2D eigenvalue weighted by Crippen LogP contribution is 2.36. The molecule has 1 saturated heterocycles. The van der Waals surface area contributed by atoms with Gasteiger partial charge in [-0.25, -0.2) is 28.1 Å². The summed E-state index contributed by atoms with van der Waals surface area (Å²) in [5.74, 6) is -5.65. The molecule has 4 heterocycles. The van der Waals surface area contributed by atoms with Gasteiger partial charge in [0.2, 0.25) is 5.88 Å². The Bertz CT molecular complexity index is 1230. The molecule has 192 valence electrons. The number of halogens is 6. The zero-order chi connectivity index (χ0) is 26.3. The maximum Gasteiger partial charge on any atom is 0.417 e. The number of ether oxygens (including phenoxy) is 1. The first-order chi connectivity index (χ1) is 16.8. The highest BCUT2D eigenvalue weighted by molar-refractivity contribution is 5.98. The fourth-order valence-corrected chi connectivity index (χ4v) is 4.02. The molecule has 14 heteroatoms. The van der Waals surface area contributed by atoms with Crippen LogP contribution in [-0.4, -0.2) is 60.7 Å². The minimum absolute atomic E-state index is 0.0218. The molecular weight excluding hydrogens is 494 g/mol. The van der Waals surface area contributed by atoms with Gasteiger partial charge >= 0.3 is 6.18 Å². The van der Waals surface area contributed by atoms with E-state index in [2.05, 4.69) is 20.1 Å². The van der Waals surface area contributed by atoms with Gasteiger partial charge < -0.3 is 9.64 Å². The van der Waals surface area contributed by atoms with E-state index < -0.39 is 54.3 Å². The first kappa shape index (κ1) is 25.4. The number of hydrogen-bond donors (Lipinski definition) is 0. The lowest BCUT2D eigenvalue weighted by molar-refractivity contribution is -0.137. The Hall–Kier alpha value is -3.71. The normalized spacial score (nSPS) is 19.8. The van der Waals surface area contributed by atoms with Crippen molar-refractivity contribution in [3.63, 3.8) is 0 Å². The van der Waals surface area contributed by atoms with E-state index in [9.17, 15) is 31.1 Å². The lowest BCUT2D eigenvalue weighted by Gasteiger charge is -2.42. The number of carbonyl (C=O) groups excluding carboxylic acids is 1. The molecular formula is C22H20F6N6O2. The second-order valence-electron chi connectivity index (χ2n) is 8.52. The SMILES string of the molecule is C[C@@H]1CC(F)(F)CN(C(=O)c2nn(C)cc2-c2ncc(F)cn2)[C@@H]1COc1ccc(C(F)(F)F)cn1. The second-order valence-corrected chi connectivity index (χ2v) is 8.52. The maximum atomic E-state index is 14.5. The molecule has 0 radical (unpaired) electrons. The van der Waals surface area contributed by atoms with Crippen LogP contribution < -0.4 is 4.74 Å². The third kappa shape index (κ3) is 5.41. The number of aryl methyl sites for hydroxylation is 1. The Morgan fingerprint density at radius 2 is 1.86 bits per heavy atom. The lowest BCUT2D eigenvalue weighted by atomic mass is 9.88. The Morgan fingerprint density at radius 1 is 1.17 bits per heavy atom. The fourth-order valence-electron chi connectivity index (χ4n) is 4.02. The van der Waals surface area contributed by atoms with E-state index in [4.69, 9.17) is 4.74 Å². The first-order valence-electron chi connectivity index (χ1n) is 10.7. The van der Waals surface area contributed by atoms with Crippen molar-refractivity contribution in [1.82, 2.24) is 29.6 Å². The predicted molar refractivity (Wildman–Crippen MR) is 112 cm³/mol. The highest BCUT2D eigenvalue weighted by atomic mass is 19.4. The number of nitrogens with zero attached hydrogens (tertiary/aromatic N) is 6. The van der Waals surface area contributed by atoms with Gasteiger partial charge in [0, 0.05) is 31.9 Å². The maximum absolute atomic E-state index is 14.5. The molecule has 1 aliphatic heterocycles. The van der Waals surface area contributed by atoms with Gasteiger partial charge in [0.1, 0.15) is 6.61 Å². The van der Waals surface area contributed by atoms with E-state index in [1.807, 2.05) is 0 Å². The number of aromatic nitrogens is 5. The zero-order valence-electron chi connectivity index (χ0n) is 19.0. The van der Waals surface area contributed by atoms with E-state index >= 15 is 0 Å². The summed E-state index contributed by atoms with van der Waals surface area (Å²) in [6, 6.07) is 0.928. The van der Waals surface area contributed by atoms with E-state index in [1.54, 1.807) is 0 Å². The number of hydrogen-bond acceptors (Lipinski definition) is 6. The number of pyridine rings is 1. The molecule has 2 atom stereocenters. The van der Waals surface area contributed by atoms with E-state index in [-0.39, 0.29) is 29.6 Å². The molecule has 0 saturated carbocycles. The molecule has 0 bridgehead atoms. The average Bonchev–Trinajstić information content (AvgIpc) is 3.19. The summed E-state index contributed by atoms with van der Waals surface area (Å²) in [5, 5.41) is 4.09. The van der Waals surface area contributed by atoms with Crippen molar-refractivity contribution in [2.45, 2.75) is 31.5 Å². The smallest absolute Gasteiger partial charge is 0.417 e. The molecule has 1 fully saturated rings. The van der Waals surface area contributed by atoms with Gasteiger partial charge in [-0.3, -0.25) is 9.48 Å². The van der Waals surface area contributed by atoms with Crippen molar-refractivity contribution in [3.05, 3.63) is 54.0 Å². The molecule has 4 rings (SSSR count). The molecule has 8 nitrogen and oxygen atoms in total. The van der Waals surface area contributed by atoms with Crippen LogP contribution in [0.3, 0.4) is 0 Å². The summed E-state index contributed by atoms with van der Waals surface area (Å²) >= 11 is 0. The van der Waals surface area contributed by atoms with Crippen molar-refractivity contribution < 1.29 is 35.9 Å². The third-order valence-corrected chi connectivity index (χ3v) is 5.70. The third-order valence-electron chi connectivity index (χ3n) is 5.70. The van der Waals surface area contributed by atoms with E-state index in [0.717, 1.165) is 29.4 Å². The second kappa shape index (κ2) is 9.39. The molecule has 0 aliphatic carbocycles. The van der Waals surface area contributed by atoms with Crippen molar-refractivity contribution in [1.29, 1.82) is 0 Å². The summed E-state index contributed by atoms with van der Waals surface area (Å²) in [7, 11) is 1.51. The number of carbonyl (C=O) groups is 1. The Kier molecular flexibility index (Phi) is 6.62. The first-order valence-corrected chi connectivity index (χ1v) is 10.7. The van der Waals surface area contributed by atoms with Gasteiger partial charge in [0.15, 0.2) is 17.3 Å². The Morgan fingerprint density at radius 3 is 2.47 bits per heavy atom. The number of piperidine rings is 1. The van der Waals surface area contributed by atoms with Crippen LogP contribution >= 0.6 is 0 Å². The summed E-state index contributed by atoms with van der Waals surface area (Å²) in [5.41, 5.74) is -1.07. The van der Waals surface area contributed by atoms with Crippen molar-refractivity contribution in [2.75, 3.05) is 13.2 Å². The largest absolute Gasteiger partial charge is 0.475 e. The molecule has 0 spiro atoms. The molecule has 1 aliphatic rings. The minimum atomic E-state index is -4.58. The van der Waals surface area contributed by atoms with Gasteiger partial charge in [-0.15, -0.1) is 0 Å². The van der Waals surface area contributed by atoms with Crippen LogP contribution in [0.2, 0.25) is 0 Å². The van der Waals surface area contributed by atoms with Gasteiger partial charge in [0.05, 0.1) is 36.1 Å². The van der Waals surface area contributed by atoms with Gasteiger partial charge in [-0.05, 0) is 12.0 Å². The number of likely N-dealkylation sites (tertiary alicyclic amines) is 1. The summed E-state index contributed by atoms with van der Waals surface area (Å²) in [6.07, 6.45) is -1.31. The van der Waals surface area contributed by atoms with Crippen molar-refractivity contribution >= 4 is 5.91 Å². The van der Waals surface area contributed by atoms with Crippen LogP contribution in [0.15, 0.2) is 36.9 Å². The lowest BCUT2D eigenvalue weighted by Crippen LogP contribution is -2.57. The summed E-state index contributed by atoms with van der Waals surface area (Å²) < 4.78 is 87.3. The number of rotatable bonds is 5. The molecule has 0 unspecified atom stereocenters. The van der Waals surface area contributed by atoms with Gasteiger partial charge in [-0.1, -0.05) is 6.92 Å². The molecule has 0 N–H and O–H groups in total. The predicted octanol–water partition coefficient (Wildman–Crippen LogP) is 3.99. The van der Waals surface area contributed by atoms with Gasteiger partial charge in [0.25, 0.3) is 11.8 Å². The molecule has 1 amide bonds. The van der Waals surface area contributed by atoms with Crippen LogP contribution in [-0.2, 0) is 13.2 Å². The van der Waals surface area contributed by atoms with Crippen LogP contribution in [0, 0.1) is 11.7 Å². The monoisotopic (exact) mass is 514 g/mol. The number of amides is 1. The summed E-state index contributed by atoms with van der Waals surface area (Å²) in [4.78, 5) is 25.7. The summed E-state index contributed by atoms with van der Waals surface area (Å²) in [6.45, 7) is 0.297. The molecule has 3 aromatic rings. The zero-order valence-corrected chi connectivity index (χ0v) is 19.0. The van der Waals surface area contributed by atoms with E-state index in [0.29, 0.717) is 6.20 Å². The van der Waals surface area contributed by atoms with Crippen molar-refractivity contribution in [2.24, 2.45) is 13.0 Å². The van der Waals surface area contributed by atoms with Crippen molar-refractivity contribution in [3.8, 4) is 17.3 Å². The molecule has 3 aromatic heterocycles. The average molecular weight is 514 g/mol.